The summed E-state index contributed by atoms with van der Waals surface area (Å²) in [6, 6.07) is 33.5. The van der Waals surface area contributed by atoms with Gasteiger partial charge in [0.2, 0.25) is 0 Å². The summed E-state index contributed by atoms with van der Waals surface area (Å²) in [7, 11) is -3.99. The Morgan fingerprint density at radius 3 is 1.64 bits per heavy atom. The average Bonchev–Trinajstić information content (AvgIpc) is 3.53. The van der Waals surface area contributed by atoms with Crippen LogP contribution in [-0.4, -0.2) is 24.1 Å². The molecule has 6 rings (SSSR count). The lowest BCUT2D eigenvalue weighted by molar-refractivity contribution is 0.598. The molecule has 0 saturated heterocycles. The summed E-state index contributed by atoms with van der Waals surface area (Å²) < 4.78 is 33.5. The number of para-hydroxylation sites is 2. The van der Waals surface area contributed by atoms with Crippen LogP contribution < -0.4 is 0 Å². The topological polar surface area (TPSA) is 72.3 Å². The van der Waals surface area contributed by atoms with Gasteiger partial charge in [-0.25, -0.2) is 9.97 Å². The minimum Gasteiger partial charge on any atom is -0.240 e. The summed E-state index contributed by atoms with van der Waals surface area (Å²) in [5, 5.41) is 1.50. The molecule has 0 aliphatic rings. The second-order valence-electron chi connectivity index (χ2n) is 8.10. The zero-order chi connectivity index (χ0) is 24.5. The van der Waals surface area contributed by atoms with E-state index in [1.165, 1.54) is 22.7 Å². The predicted octanol–water partition coefficient (Wildman–Crippen LogP) is 6.92. The lowest BCUT2D eigenvalue weighted by Gasteiger charge is -2.16. The van der Waals surface area contributed by atoms with Crippen LogP contribution >= 0.6 is 22.7 Å². The number of fused-ring (bicyclic) bond motifs is 2. The molecule has 0 spiro atoms. The molecule has 8 heteroatoms. The summed E-state index contributed by atoms with van der Waals surface area (Å²) in [6.07, 6.45) is 0. The number of hydrogen-bond acceptors (Lipinski definition) is 6. The molecule has 2 aromatic heterocycles. The van der Waals surface area contributed by atoms with E-state index < -0.39 is 15.9 Å². The summed E-state index contributed by atoms with van der Waals surface area (Å²) >= 11 is 3.07. The maximum Gasteiger partial charge on any atom is 0.282 e. The van der Waals surface area contributed by atoms with Crippen molar-refractivity contribution in [1.29, 1.82) is 0 Å². The number of hydrogen-bond donors (Lipinski definition) is 0. The van der Waals surface area contributed by atoms with E-state index in [4.69, 9.17) is 9.97 Å². The first-order valence-corrected chi connectivity index (χ1v) is 14.3. The Bertz CT molecular complexity index is 1670. The van der Waals surface area contributed by atoms with Gasteiger partial charge in [-0.1, -0.05) is 72.8 Å². The van der Waals surface area contributed by atoms with Crippen LogP contribution in [0.25, 0.3) is 20.4 Å². The second-order valence-corrected chi connectivity index (χ2v) is 11.8. The molecule has 0 amide bonds. The van der Waals surface area contributed by atoms with Crippen molar-refractivity contribution in [3.63, 3.8) is 0 Å². The van der Waals surface area contributed by atoms with Crippen LogP contribution in [0.5, 0.6) is 0 Å². The fourth-order valence-corrected chi connectivity index (χ4v) is 7.32. The number of thiazole rings is 2. The Balaban J connectivity index is 1.63. The summed E-state index contributed by atoms with van der Waals surface area (Å²) in [5.74, 6) is -0.555. The number of benzene rings is 4. The first-order chi connectivity index (χ1) is 17.6. The zero-order valence-electron chi connectivity index (χ0n) is 18.9. The van der Waals surface area contributed by atoms with E-state index in [1.807, 2.05) is 78.9 Å². The van der Waals surface area contributed by atoms with Crippen LogP contribution in [0.1, 0.15) is 21.5 Å². The smallest absolute Gasteiger partial charge is 0.240 e. The molecule has 0 aliphatic carbocycles. The molecule has 0 radical (unpaired) electrons. The van der Waals surface area contributed by atoms with Crippen molar-refractivity contribution in [2.75, 3.05) is 0 Å². The highest BCUT2D eigenvalue weighted by molar-refractivity contribution is 7.90. The maximum absolute atomic E-state index is 13.5. The second kappa shape index (κ2) is 9.39. The third kappa shape index (κ3) is 4.35. The summed E-state index contributed by atoms with van der Waals surface area (Å²) in [4.78, 5) is 9.98. The van der Waals surface area contributed by atoms with Gasteiger partial charge in [-0.3, -0.25) is 0 Å². The van der Waals surface area contributed by atoms with Gasteiger partial charge in [0.1, 0.15) is 15.9 Å². The first kappa shape index (κ1) is 22.7. The predicted molar refractivity (Wildman–Crippen MR) is 148 cm³/mol. The molecule has 0 fully saturated rings. The largest absolute Gasteiger partial charge is 0.282 e. The highest BCUT2D eigenvalue weighted by atomic mass is 32.2. The minimum absolute atomic E-state index is 0.144. The monoisotopic (exact) mass is 525 g/mol. The summed E-state index contributed by atoms with van der Waals surface area (Å²) in [6.45, 7) is 0. The van der Waals surface area contributed by atoms with Crippen LogP contribution in [0.4, 0.5) is 0 Å². The fraction of sp³-hybridized carbons (Fsp3) is 0.0357. The zero-order valence-corrected chi connectivity index (χ0v) is 21.3. The highest BCUT2D eigenvalue weighted by Gasteiger charge is 2.31. The molecule has 0 unspecified atom stereocenters. The van der Waals surface area contributed by atoms with Crippen molar-refractivity contribution in [2.24, 2.45) is 4.40 Å². The Labute approximate surface area is 216 Å². The fourth-order valence-electron chi connectivity index (χ4n) is 4.02. The molecule has 0 N–H and O–H groups in total. The van der Waals surface area contributed by atoms with Gasteiger partial charge < -0.3 is 0 Å². The van der Waals surface area contributed by atoms with Crippen LogP contribution in [0, 0.1) is 0 Å². The Morgan fingerprint density at radius 1 is 0.639 bits per heavy atom. The highest BCUT2D eigenvalue weighted by Crippen LogP contribution is 2.38. The Hall–Kier alpha value is -3.72. The molecular weight excluding hydrogens is 507 g/mol. The lowest BCUT2D eigenvalue weighted by atomic mass is 9.97. The summed E-state index contributed by atoms with van der Waals surface area (Å²) in [5.41, 5.74) is 2.84. The molecular formula is C28H19N3O2S3. The van der Waals surface area contributed by atoms with Gasteiger partial charge in [0.05, 0.1) is 31.0 Å². The molecule has 0 atom stereocenters. The minimum atomic E-state index is -3.99. The third-order valence-electron chi connectivity index (χ3n) is 5.72. The maximum atomic E-state index is 13.5. The molecule has 0 aliphatic heterocycles. The van der Waals surface area contributed by atoms with E-state index in [-0.39, 0.29) is 4.90 Å². The van der Waals surface area contributed by atoms with Crippen LogP contribution in [0.2, 0.25) is 0 Å². The van der Waals surface area contributed by atoms with Crippen molar-refractivity contribution in [3.05, 3.63) is 125 Å². The third-order valence-corrected chi connectivity index (χ3v) is 9.22. The van der Waals surface area contributed by atoms with Crippen molar-refractivity contribution < 1.29 is 8.42 Å². The number of rotatable bonds is 6. The van der Waals surface area contributed by atoms with Crippen LogP contribution in [0.15, 0.2) is 118 Å². The SMILES string of the molecule is O=S(=O)(/N=C(\c1ccccc1)C(c1nc2ccccc2s1)c1nc2ccccc2s1)c1ccccc1. The van der Waals surface area contributed by atoms with Gasteiger partial charge in [-0.15, -0.1) is 22.7 Å². The van der Waals surface area contributed by atoms with Gasteiger partial charge in [0.15, 0.2) is 0 Å². The molecule has 5 nitrogen and oxygen atoms in total. The Kier molecular flexibility index (Phi) is 5.92. The van der Waals surface area contributed by atoms with Gasteiger partial charge in [0, 0.05) is 0 Å². The lowest BCUT2D eigenvalue weighted by Crippen LogP contribution is -2.18. The standard InChI is InChI=1S/C28H19N3O2S3/c32-36(33,20-13-5-2-6-14-20)31-26(19-11-3-1-4-12-19)25(27-29-21-15-7-9-17-23(21)34-27)28-30-22-16-8-10-18-24(22)35-28/h1-18,25H/b31-26+. The molecule has 6 aromatic rings. The van der Waals surface area contributed by atoms with Crippen LogP contribution in [0.3, 0.4) is 0 Å². The van der Waals surface area contributed by atoms with Crippen molar-refractivity contribution in [2.45, 2.75) is 10.8 Å². The van der Waals surface area contributed by atoms with E-state index in [0.29, 0.717) is 11.3 Å². The molecule has 0 saturated carbocycles. The quantitative estimate of drug-likeness (QED) is 0.221. The van der Waals surface area contributed by atoms with E-state index in [9.17, 15) is 8.42 Å². The van der Waals surface area contributed by atoms with Crippen molar-refractivity contribution >= 4 is 58.8 Å². The first-order valence-electron chi connectivity index (χ1n) is 11.2. The van der Waals surface area contributed by atoms with Crippen molar-refractivity contribution in [1.82, 2.24) is 9.97 Å². The van der Waals surface area contributed by atoms with E-state index in [2.05, 4.69) is 4.40 Å². The van der Waals surface area contributed by atoms with Gasteiger partial charge in [-0.05, 0) is 42.0 Å². The molecule has 36 heavy (non-hydrogen) atoms. The Morgan fingerprint density at radius 2 is 1.11 bits per heavy atom. The molecule has 0 bridgehead atoms. The number of nitrogens with zero attached hydrogens (tertiary/aromatic N) is 3. The molecule has 176 valence electrons. The number of sulfonamides is 1. The van der Waals surface area contributed by atoms with Gasteiger partial charge in [0.25, 0.3) is 10.0 Å². The van der Waals surface area contributed by atoms with Gasteiger partial charge >= 0.3 is 0 Å². The normalized spacial score (nSPS) is 12.5. The number of aromatic nitrogens is 2. The van der Waals surface area contributed by atoms with E-state index in [1.54, 1.807) is 30.3 Å². The average molecular weight is 526 g/mol. The van der Waals surface area contributed by atoms with E-state index in [0.717, 1.165) is 30.4 Å². The van der Waals surface area contributed by atoms with Gasteiger partial charge in [-0.2, -0.15) is 12.8 Å². The molecule has 2 heterocycles. The molecule has 4 aromatic carbocycles. The van der Waals surface area contributed by atoms with Crippen LogP contribution in [-0.2, 0) is 10.0 Å². The van der Waals surface area contributed by atoms with E-state index >= 15 is 0 Å². The van der Waals surface area contributed by atoms with Crippen molar-refractivity contribution in [3.8, 4) is 0 Å².